The van der Waals surface area contributed by atoms with Crippen LogP contribution in [0.3, 0.4) is 0 Å². The van der Waals surface area contributed by atoms with Gasteiger partial charge in [-0.15, -0.1) is 0 Å². The molecular weight excluding hydrogens is 498 g/mol. The van der Waals surface area contributed by atoms with Crippen molar-refractivity contribution in [2.24, 2.45) is 0 Å². The molecule has 9 heteroatoms. The Bertz CT molecular complexity index is 1520. The molecule has 2 heterocycles. The van der Waals surface area contributed by atoms with Gasteiger partial charge < -0.3 is 19.9 Å². The summed E-state index contributed by atoms with van der Waals surface area (Å²) in [5, 5.41) is 12.9. The van der Waals surface area contributed by atoms with E-state index in [1.807, 2.05) is 48.5 Å². The molecule has 1 amide bonds. The highest BCUT2D eigenvalue weighted by Gasteiger charge is 2.30. The highest BCUT2D eigenvalue weighted by atomic mass is 16.6. The Labute approximate surface area is 225 Å². The second kappa shape index (κ2) is 10.2. The van der Waals surface area contributed by atoms with Gasteiger partial charge in [0, 0.05) is 36.3 Å². The average molecular weight is 528 g/mol. The second-order valence-electron chi connectivity index (χ2n) is 10.5. The van der Waals surface area contributed by atoms with Crippen molar-refractivity contribution < 1.29 is 29.0 Å². The second-order valence-corrected chi connectivity index (χ2v) is 10.5. The Morgan fingerprint density at radius 1 is 1.03 bits per heavy atom. The van der Waals surface area contributed by atoms with Crippen molar-refractivity contribution in [2.45, 2.75) is 44.8 Å². The number of benzene rings is 2. The topological polar surface area (TPSA) is 120 Å². The molecule has 4 aromatic rings. The van der Waals surface area contributed by atoms with Crippen molar-refractivity contribution in [3.8, 4) is 11.1 Å². The summed E-state index contributed by atoms with van der Waals surface area (Å²) in [6.45, 7) is 5.35. The molecule has 0 aliphatic heterocycles. The quantitative estimate of drug-likeness (QED) is 0.347. The molecule has 0 saturated heterocycles. The smallest absolute Gasteiger partial charge is 0.419 e. The van der Waals surface area contributed by atoms with E-state index in [-0.39, 0.29) is 18.9 Å². The number of fused-ring (bicyclic) bond motifs is 4. The summed E-state index contributed by atoms with van der Waals surface area (Å²) in [5.41, 5.74) is 4.65. The highest BCUT2D eigenvalue weighted by molar-refractivity contribution is 5.92. The van der Waals surface area contributed by atoms with E-state index in [1.54, 1.807) is 33.0 Å². The number of carboxylic acid groups (broad SMARTS) is 1. The molecule has 2 aromatic heterocycles. The maximum atomic E-state index is 12.8. The third kappa shape index (κ3) is 5.34. The lowest BCUT2D eigenvalue weighted by Crippen LogP contribution is -2.42. The molecule has 0 saturated carbocycles. The summed E-state index contributed by atoms with van der Waals surface area (Å²) in [5.74, 6) is -1.38. The van der Waals surface area contributed by atoms with Gasteiger partial charge >= 0.3 is 18.2 Å². The summed E-state index contributed by atoms with van der Waals surface area (Å²) in [4.78, 5) is 41.8. The molecule has 0 bridgehead atoms. The van der Waals surface area contributed by atoms with Crippen molar-refractivity contribution in [1.29, 1.82) is 0 Å². The fourth-order valence-corrected chi connectivity index (χ4v) is 4.97. The molecule has 1 atom stereocenters. The molecule has 0 fully saturated rings. The van der Waals surface area contributed by atoms with Crippen LogP contribution in [0, 0.1) is 0 Å². The maximum Gasteiger partial charge on any atom is 0.419 e. The van der Waals surface area contributed by atoms with Crippen molar-refractivity contribution in [2.75, 3.05) is 6.61 Å². The Morgan fingerprint density at radius 3 is 2.28 bits per heavy atom. The first-order chi connectivity index (χ1) is 18.6. The van der Waals surface area contributed by atoms with E-state index >= 15 is 0 Å². The van der Waals surface area contributed by atoms with Crippen molar-refractivity contribution in [1.82, 2.24) is 14.9 Å². The fraction of sp³-hybridized carbons (Fsp3) is 0.267. The van der Waals surface area contributed by atoms with E-state index in [0.29, 0.717) is 16.5 Å². The predicted molar refractivity (Wildman–Crippen MR) is 145 cm³/mol. The SMILES string of the molecule is CC(C)(C)OC(=O)n1cc(CC(NC(=O)OCC2c3ccccc3-c3ccccc32)C(=O)O)c2cnccc21. The maximum absolute atomic E-state index is 12.8. The van der Waals surface area contributed by atoms with E-state index in [2.05, 4.69) is 10.3 Å². The molecule has 2 N–H and O–H groups in total. The van der Waals surface area contributed by atoms with Crippen molar-refractivity contribution in [3.05, 3.63) is 89.9 Å². The van der Waals surface area contributed by atoms with Crippen LogP contribution in [0.2, 0.25) is 0 Å². The lowest BCUT2D eigenvalue weighted by Gasteiger charge is -2.19. The van der Waals surface area contributed by atoms with Crippen LogP contribution in [0.4, 0.5) is 9.59 Å². The number of nitrogens with one attached hydrogen (secondary N) is 1. The van der Waals surface area contributed by atoms with Crippen molar-refractivity contribution >= 4 is 29.1 Å². The van der Waals surface area contributed by atoms with Gasteiger partial charge in [0.1, 0.15) is 18.2 Å². The number of hydrogen-bond donors (Lipinski definition) is 2. The number of hydrogen-bond acceptors (Lipinski definition) is 6. The van der Waals surface area contributed by atoms with Crippen LogP contribution in [0.15, 0.2) is 73.2 Å². The van der Waals surface area contributed by atoms with Crippen LogP contribution < -0.4 is 5.32 Å². The van der Waals surface area contributed by atoms with Gasteiger partial charge in [-0.25, -0.2) is 14.4 Å². The number of alkyl carbamates (subject to hydrolysis) is 1. The first-order valence-corrected chi connectivity index (χ1v) is 12.6. The van der Waals surface area contributed by atoms with E-state index in [4.69, 9.17) is 9.47 Å². The van der Waals surface area contributed by atoms with Crippen LogP contribution in [-0.4, -0.2) is 51.1 Å². The van der Waals surface area contributed by atoms with E-state index < -0.39 is 29.8 Å². The predicted octanol–water partition coefficient (Wildman–Crippen LogP) is 5.35. The molecule has 1 aliphatic carbocycles. The summed E-state index contributed by atoms with van der Waals surface area (Å²) < 4.78 is 12.4. The molecule has 200 valence electrons. The minimum absolute atomic E-state index is 0.0636. The minimum atomic E-state index is -1.29. The van der Waals surface area contributed by atoms with Crippen LogP contribution >= 0.6 is 0 Å². The summed E-state index contributed by atoms with van der Waals surface area (Å²) in [7, 11) is 0. The number of carbonyl (C=O) groups is 3. The largest absolute Gasteiger partial charge is 0.480 e. The zero-order valence-corrected chi connectivity index (χ0v) is 21.9. The zero-order valence-electron chi connectivity index (χ0n) is 21.9. The van der Waals surface area contributed by atoms with Gasteiger partial charge in [-0.1, -0.05) is 48.5 Å². The fourth-order valence-electron chi connectivity index (χ4n) is 4.97. The van der Waals surface area contributed by atoms with Crippen LogP contribution in [0.1, 0.15) is 43.4 Å². The Hall–Kier alpha value is -4.66. The lowest BCUT2D eigenvalue weighted by atomic mass is 9.98. The number of amides is 1. The number of rotatable bonds is 6. The standard InChI is InChI=1S/C30H29N3O6/c1-30(2,3)39-29(37)33-16-18(23-15-31-13-12-26(23)33)14-25(27(34)35)32-28(36)38-17-24-21-10-6-4-8-19(21)20-9-5-7-11-22(20)24/h4-13,15-16,24-25H,14,17H2,1-3H3,(H,32,36)(H,34,35). The number of ether oxygens (including phenoxy) is 2. The number of aliphatic carboxylic acids is 1. The van der Waals surface area contributed by atoms with E-state index in [0.717, 1.165) is 22.3 Å². The van der Waals surface area contributed by atoms with Crippen LogP contribution in [0.25, 0.3) is 22.0 Å². The van der Waals surface area contributed by atoms with Crippen molar-refractivity contribution in [3.63, 3.8) is 0 Å². The molecule has 2 aromatic carbocycles. The number of aromatic nitrogens is 2. The summed E-state index contributed by atoms with van der Waals surface area (Å²) >= 11 is 0. The van der Waals surface area contributed by atoms with Gasteiger partial charge in [0.05, 0.1) is 5.52 Å². The monoisotopic (exact) mass is 527 g/mol. The molecule has 9 nitrogen and oxygen atoms in total. The van der Waals surface area contributed by atoms with Gasteiger partial charge in [-0.2, -0.15) is 0 Å². The minimum Gasteiger partial charge on any atom is -0.480 e. The van der Waals surface area contributed by atoms with E-state index in [1.165, 1.54) is 17.0 Å². The van der Waals surface area contributed by atoms with Gasteiger partial charge in [0.15, 0.2) is 0 Å². The van der Waals surface area contributed by atoms with Gasteiger partial charge in [-0.05, 0) is 54.7 Å². The first-order valence-electron chi connectivity index (χ1n) is 12.6. The molecule has 5 rings (SSSR count). The normalized spacial score (nSPS) is 13.4. The number of carbonyl (C=O) groups excluding carboxylic acids is 2. The number of pyridine rings is 1. The summed E-state index contributed by atoms with van der Waals surface area (Å²) in [6.07, 6.45) is 3.10. The zero-order chi connectivity index (χ0) is 27.7. The van der Waals surface area contributed by atoms with Crippen LogP contribution in [0.5, 0.6) is 0 Å². The van der Waals surface area contributed by atoms with Gasteiger partial charge in [-0.3, -0.25) is 9.55 Å². The van der Waals surface area contributed by atoms with E-state index in [9.17, 15) is 19.5 Å². The molecule has 0 radical (unpaired) electrons. The number of carboxylic acids is 1. The molecule has 1 aliphatic rings. The third-order valence-corrected chi connectivity index (χ3v) is 6.64. The molecular formula is C30H29N3O6. The van der Waals surface area contributed by atoms with Gasteiger partial charge in [0.25, 0.3) is 0 Å². The third-order valence-electron chi connectivity index (χ3n) is 6.64. The summed E-state index contributed by atoms with van der Waals surface area (Å²) in [6, 6.07) is 16.3. The average Bonchev–Trinajstić information content (AvgIpc) is 3.42. The van der Waals surface area contributed by atoms with Crippen LogP contribution in [-0.2, 0) is 20.7 Å². The Morgan fingerprint density at radius 2 is 1.67 bits per heavy atom. The molecule has 0 spiro atoms. The Balaban J connectivity index is 1.31. The van der Waals surface area contributed by atoms with Gasteiger partial charge in [0.2, 0.25) is 0 Å². The Kier molecular flexibility index (Phi) is 6.82. The highest BCUT2D eigenvalue weighted by Crippen LogP contribution is 2.44. The molecule has 1 unspecified atom stereocenters. The first kappa shape index (κ1) is 26.0. The number of nitrogens with zero attached hydrogens (tertiary/aromatic N) is 2. The lowest BCUT2D eigenvalue weighted by molar-refractivity contribution is -0.139. The molecule has 39 heavy (non-hydrogen) atoms.